The Hall–Kier alpha value is -3.43. The molecule has 4 atom stereocenters. The molecule has 0 saturated heterocycles. The minimum atomic E-state index is -1.18. The van der Waals surface area contributed by atoms with E-state index in [1.165, 1.54) is 7.11 Å². The summed E-state index contributed by atoms with van der Waals surface area (Å²) in [5.74, 6) is -2.13. The van der Waals surface area contributed by atoms with Gasteiger partial charge < -0.3 is 50.4 Å². The van der Waals surface area contributed by atoms with E-state index in [2.05, 4.69) is 25.1 Å². The third-order valence-corrected chi connectivity index (χ3v) is 6.20. The van der Waals surface area contributed by atoms with Crippen LogP contribution in [0.15, 0.2) is 44.0 Å². The number of hydrogen-bond donors (Lipinski definition) is 6. The van der Waals surface area contributed by atoms with Crippen LogP contribution >= 0.6 is 0 Å². The van der Waals surface area contributed by atoms with Gasteiger partial charge in [-0.1, -0.05) is 25.8 Å². The van der Waals surface area contributed by atoms with Gasteiger partial charge in [-0.25, -0.2) is 14.4 Å². The number of aliphatic hydroxyl groups is 4. The molecule has 13 nitrogen and oxygen atoms in total. The minimum Gasteiger partial charge on any atom is -0.460 e. The van der Waals surface area contributed by atoms with Crippen LogP contribution in [0.5, 0.6) is 0 Å². The highest BCUT2D eigenvalue weighted by molar-refractivity contribution is 5.81. The van der Waals surface area contributed by atoms with Gasteiger partial charge in [0.05, 0.1) is 31.0 Å². The predicted octanol–water partition coefficient (Wildman–Crippen LogP) is -0.860. The van der Waals surface area contributed by atoms with Crippen LogP contribution in [0.3, 0.4) is 0 Å². The van der Waals surface area contributed by atoms with Crippen molar-refractivity contribution in [3.05, 3.63) is 71.8 Å². The van der Waals surface area contributed by atoms with Crippen LogP contribution < -0.4 is 11.1 Å². The predicted molar refractivity (Wildman–Crippen MR) is 157 cm³/mol. The molecule has 1 rings (SSSR count). The summed E-state index contributed by atoms with van der Waals surface area (Å²) in [5, 5.41) is 45.6. The van der Waals surface area contributed by atoms with E-state index in [4.69, 9.17) is 24.7 Å². The fraction of sp³-hybridized carbons (Fsp3) is 0.500. The maximum absolute atomic E-state index is 11.6. The molecule has 0 bridgehead atoms. The molecule has 43 heavy (non-hydrogen) atoms. The average Bonchev–Trinajstić information content (AvgIpc) is 2.99. The molecule has 0 aliphatic heterocycles. The Morgan fingerprint density at radius 1 is 0.744 bits per heavy atom. The van der Waals surface area contributed by atoms with Crippen LogP contribution in [0.2, 0.25) is 0 Å². The van der Waals surface area contributed by atoms with Gasteiger partial charge in [0.1, 0.15) is 19.8 Å². The first-order valence-corrected chi connectivity index (χ1v) is 13.6. The van der Waals surface area contributed by atoms with Crippen molar-refractivity contribution >= 4 is 17.9 Å². The molecule has 13 heteroatoms. The van der Waals surface area contributed by atoms with Crippen LogP contribution in [-0.2, 0) is 65.7 Å². The molecule has 1 aromatic rings. The van der Waals surface area contributed by atoms with Crippen molar-refractivity contribution in [3.63, 3.8) is 0 Å². The molecule has 4 unspecified atom stereocenters. The summed E-state index contributed by atoms with van der Waals surface area (Å²) in [4.78, 5) is 34.7. The number of esters is 3. The van der Waals surface area contributed by atoms with Gasteiger partial charge in [-0.2, -0.15) is 0 Å². The summed E-state index contributed by atoms with van der Waals surface area (Å²) >= 11 is 0. The number of aliphatic hydroxyl groups excluding tert-OH is 4. The molecule has 240 valence electrons. The molecule has 1 aromatic carbocycles. The molecule has 0 fully saturated rings. The highest BCUT2D eigenvalue weighted by Crippen LogP contribution is 2.28. The molecule has 0 aliphatic carbocycles. The Labute approximate surface area is 251 Å². The molecule has 0 radical (unpaired) electrons. The molecule has 0 aliphatic rings. The largest absolute Gasteiger partial charge is 0.460 e. The maximum Gasteiger partial charge on any atom is 0.330 e. The summed E-state index contributed by atoms with van der Waals surface area (Å²) < 4.78 is 20.0. The van der Waals surface area contributed by atoms with Crippen molar-refractivity contribution in [1.29, 1.82) is 0 Å². The standard InChI is InChI=1S/C30H44N2O11/c1-5-28(37)41-16-21(33)9-19-8-20(12-31)25(10-22(34)17-42-29(38)6-2)26(11-23(35)18-43-30(39)7-3)27(19)14-32-13-24(36)15-40-4/h5-8,21-24,32-36H,1-3,9-18,31H2,4H3. The van der Waals surface area contributed by atoms with Gasteiger partial charge in [-0.15, -0.1) is 0 Å². The number of carbonyl (C=O) groups is 3. The van der Waals surface area contributed by atoms with Gasteiger partial charge in [0, 0.05) is 64.2 Å². The number of nitrogens with one attached hydrogen (secondary N) is 1. The van der Waals surface area contributed by atoms with Crippen LogP contribution in [0.1, 0.15) is 27.8 Å². The molecule has 0 amide bonds. The molecule has 0 spiro atoms. The van der Waals surface area contributed by atoms with Gasteiger partial charge in [0.25, 0.3) is 0 Å². The fourth-order valence-corrected chi connectivity index (χ4v) is 4.27. The second-order valence-electron chi connectivity index (χ2n) is 9.65. The number of methoxy groups -OCH3 is 1. The highest BCUT2D eigenvalue weighted by Gasteiger charge is 2.24. The van der Waals surface area contributed by atoms with Gasteiger partial charge in [0.15, 0.2) is 0 Å². The number of carbonyl (C=O) groups excluding carboxylic acids is 3. The monoisotopic (exact) mass is 608 g/mol. The van der Waals surface area contributed by atoms with E-state index >= 15 is 0 Å². The summed E-state index contributed by atoms with van der Waals surface area (Å²) in [7, 11) is 1.45. The Kier molecular flexibility index (Phi) is 17.9. The van der Waals surface area contributed by atoms with Crippen LogP contribution in [-0.4, -0.2) is 103 Å². The van der Waals surface area contributed by atoms with Crippen molar-refractivity contribution in [2.45, 2.75) is 56.8 Å². The average molecular weight is 609 g/mol. The molecular weight excluding hydrogens is 564 g/mol. The Bertz CT molecular complexity index is 1090. The number of nitrogens with two attached hydrogens (primary N) is 1. The Balaban J connectivity index is 3.60. The fourth-order valence-electron chi connectivity index (χ4n) is 4.27. The second-order valence-corrected chi connectivity index (χ2v) is 9.65. The second kappa shape index (κ2) is 20.5. The van der Waals surface area contributed by atoms with E-state index in [9.17, 15) is 34.8 Å². The van der Waals surface area contributed by atoms with Crippen molar-refractivity contribution < 1.29 is 53.8 Å². The van der Waals surface area contributed by atoms with Crippen LogP contribution in [0.4, 0.5) is 0 Å². The number of rotatable bonds is 22. The zero-order valence-electron chi connectivity index (χ0n) is 24.5. The first kappa shape index (κ1) is 37.6. The van der Waals surface area contributed by atoms with Crippen molar-refractivity contribution in [1.82, 2.24) is 5.32 Å². The summed E-state index contributed by atoms with van der Waals surface area (Å²) in [6.07, 6.45) is -1.43. The minimum absolute atomic E-state index is 0.0118. The zero-order chi connectivity index (χ0) is 32.4. The van der Waals surface area contributed by atoms with Crippen molar-refractivity contribution in [2.24, 2.45) is 5.73 Å². The summed E-state index contributed by atoms with van der Waals surface area (Å²) in [6.45, 7) is 9.37. The molecule has 0 aromatic heterocycles. The van der Waals surface area contributed by atoms with Crippen molar-refractivity contribution in [2.75, 3.05) is 40.1 Å². The third kappa shape index (κ3) is 14.1. The van der Waals surface area contributed by atoms with E-state index in [0.29, 0.717) is 27.8 Å². The van der Waals surface area contributed by atoms with E-state index in [1.54, 1.807) is 6.07 Å². The van der Waals surface area contributed by atoms with Gasteiger partial charge in [-0.3, -0.25) is 0 Å². The number of benzene rings is 1. The maximum atomic E-state index is 11.6. The van der Waals surface area contributed by atoms with E-state index in [1.807, 2.05) is 0 Å². The first-order chi connectivity index (χ1) is 20.5. The van der Waals surface area contributed by atoms with Crippen LogP contribution in [0.25, 0.3) is 0 Å². The lowest BCUT2D eigenvalue weighted by Crippen LogP contribution is -2.32. The van der Waals surface area contributed by atoms with E-state index in [0.717, 1.165) is 18.2 Å². The van der Waals surface area contributed by atoms with Gasteiger partial charge in [-0.05, 0) is 27.8 Å². The smallest absolute Gasteiger partial charge is 0.330 e. The van der Waals surface area contributed by atoms with Gasteiger partial charge in [0.2, 0.25) is 0 Å². The highest BCUT2D eigenvalue weighted by atomic mass is 16.5. The molecule has 7 N–H and O–H groups in total. The lowest BCUT2D eigenvalue weighted by molar-refractivity contribution is -0.141. The van der Waals surface area contributed by atoms with E-state index in [-0.39, 0.29) is 65.3 Å². The lowest BCUT2D eigenvalue weighted by atomic mass is 9.84. The summed E-state index contributed by atoms with van der Waals surface area (Å²) in [5.41, 5.74) is 8.98. The Morgan fingerprint density at radius 3 is 1.65 bits per heavy atom. The number of ether oxygens (including phenoxy) is 4. The van der Waals surface area contributed by atoms with E-state index < -0.39 is 42.3 Å². The third-order valence-electron chi connectivity index (χ3n) is 6.20. The molecule has 0 saturated carbocycles. The van der Waals surface area contributed by atoms with Gasteiger partial charge >= 0.3 is 17.9 Å². The summed E-state index contributed by atoms with van der Waals surface area (Å²) in [6, 6.07) is 1.74. The Morgan fingerprint density at radius 2 is 1.21 bits per heavy atom. The van der Waals surface area contributed by atoms with Crippen molar-refractivity contribution in [3.8, 4) is 0 Å². The zero-order valence-corrected chi connectivity index (χ0v) is 24.5. The first-order valence-electron chi connectivity index (χ1n) is 13.6. The quantitative estimate of drug-likeness (QED) is 0.0539. The lowest BCUT2D eigenvalue weighted by Gasteiger charge is -2.26. The number of hydrogen-bond acceptors (Lipinski definition) is 13. The topological polar surface area (TPSA) is 207 Å². The normalized spacial score (nSPS) is 13.7. The van der Waals surface area contributed by atoms with Crippen LogP contribution in [0, 0.1) is 0 Å². The molecular formula is C30H44N2O11. The SMILES string of the molecule is C=CC(=O)OCC(O)Cc1cc(CN)c(CC(O)COC(=O)C=C)c(CC(O)COC(=O)C=C)c1CNCC(O)COC. The molecule has 0 heterocycles.